The first kappa shape index (κ1) is 13.8. The molecule has 1 N–H and O–H groups in total. The topological polar surface area (TPSA) is 51.0 Å². The highest BCUT2D eigenvalue weighted by molar-refractivity contribution is 7.09. The van der Waals surface area contributed by atoms with Crippen molar-refractivity contribution in [3.05, 3.63) is 52.5 Å². The number of hydrogen-bond donors (Lipinski definition) is 1. The molecule has 1 aromatic carbocycles. The summed E-state index contributed by atoms with van der Waals surface area (Å²) < 4.78 is 5.24. The van der Waals surface area contributed by atoms with E-state index in [1.165, 1.54) is 0 Å². The van der Waals surface area contributed by atoms with E-state index in [-0.39, 0.29) is 6.04 Å². The summed E-state index contributed by atoms with van der Waals surface area (Å²) in [6, 6.07) is 8.37. The molecule has 0 amide bonds. The predicted octanol–water partition coefficient (Wildman–Crippen LogP) is 4.59. The van der Waals surface area contributed by atoms with Crippen molar-refractivity contribution in [3.8, 4) is 11.3 Å². The molecule has 0 aliphatic carbocycles. The summed E-state index contributed by atoms with van der Waals surface area (Å²) in [4.78, 5) is 8.83. The molecule has 108 valence electrons. The highest BCUT2D eigenvalue weighted by Crippen LogP contribution is 2.24. The molecule has 3 aromatic rings. The summed E-state index contributed by atoms with van der Waals surface area (Å²) in [5, 5.41) is 6.65. The van der Waals surface area contributed by atoms with Crippen LogP contribution in [0.25, 0.3) is 11.3 Å². The molecule has 0 saturated heterocycles. The minimum absolute atomic E-state index is 0.190. The van der Waals surface area contributed by atoms with Gasteiger partial charge in [0.2, 0.25) is 0 Å². The van der Waals surface area contributed by atoms with Crippen LogP contribution in [0.3, 0.4) is 0 Å². The molecule has 0 aliphatic rings. The van der Waals surface area contributed by atoms with Gasteiger partial charge in [0.1, 0.15) is 12.0 Å². The standard InChI is InChI=1S/C16H17N3OS/c1-10(16-9-21-12(3)19-16)17-14-6-4-13(5-7-14)15-8-20-11(2)18-15/h4-10,17H,1-3H3. The second kappa shape index (κ2) is 5.69. The van der Waals surface area contributed by atoms with Crippen molar-refractivity contribution in [2.75, 3.05) is 5.32 Å². The molecule has 2 heterocycles. The van der Waals surface area contributed by atoms with Crippen LogP contribution in [0.2, 0.25) is 0 Å². The zero-order valence-corrected chi connectivity index (χ0v) is 13.1. The maximum Gasteiger partial charge on any atom is 0.191 e. The second-order valence-corrected chi connectivity index (χ2v) is 6.05. The van der Waals surface area contributed by atoms with Crippen LogP contribution in [0.4, 0.5) is 5.69 Å². The fourth-order valence-corrected chi connectivity index (χ4v) is 2.84. The number of thiazole rings is 1. The Hall–Kier alpha value is -2.14. The van der Waals surface area contributed by atoms with Crippen molar-refractivity contribution in [2.24, 2.45) is 0 Å². The Kier molecular flexibility index (Phi) is 3.75. The summed E-state index contributed by atoms with van der Waals surface area (Å²) in [6.07, 6.45) is 1.68. The number of hydrogen-bond acceptors (Lipinski definition) is 5. The van der Waals surface area contributed by atoms with E-state index in [2.05, 4.69) is 39.7 Å². The molecule has 3 rings (SSSR count). The fourth-order valence-electron chi connectivity index (χ4n) is 2.14. The highest BCUT2D eigenvalue weighted by atomic mass is 32.1. The summed E-state index contributed by atoms with van der Waals surface area (Å²) >= 11 is 1.68. The Bertz CT molecular complexity index is 730. The van der Waals surface area contributed by atoms with Gasteiger partial charge in [0.05, 0.1) is 16.7 Å². The largest absolute Gasteiger partial charge is 0.449 e. The van der Waals surface area contributed by atoms with Crippen LogP contribution < -0.4 is 5.32 Å². The maximum atomic E-state index is 5.24. The molecule has 0 bridgehead atoms. The molecule has 0 fully saturated rings. The molecular formula is C16H17N3OS. The number of nitrogens with one attached hydrogen (secondary N) is 1. The number of rotatable bonds is 4. The molecule has 0 radical (unpaired) electrons. The van der Waals surface area contributed by atoms with E-state index in [9.17, 15) is 0 Å². The SMILES string of the molecule is Cc1nc(-c2ccc(NC(C)c3csc(C)n3)cc2)co1. The van der Waals surface area contributed by atoms with Crippen LogP contribution in [-0.4, -0.2) is 9.97 Å². The average Bonchev–Trinajstić information content (AvgIpc) is 3.08. The molecule has 21 heavy (non-hydrogen) atoms. The van der Waals surface area contributed by atoms with Gasteiger partial charge in [-0.2, -0.15) is 0 Å². The van der Waals surface area contributed by atoms with Gasteiger partial charge >= 0.3 is 0 Å². The van der Waals surface area contributed by atoms with Crippen molar-refractivity contribution >= 4 is 17.0 Å². The average molecular weight is 299 g/mol. The Labute approximate surface area is 127 Å². The second-order valence-electron chi connectivity index (χ2n) is 4.99. The Morgan fingerprint density at radius 3 is 2.48 bits per heavy atom. The number of aryl methyl sites for hydroxylation is 2. The highest BCUT2D eigenvalue weighted by Gasteiger charge is 2.09. The molecule has 1 unspecified atom stereocenters. The van der Waals surface area contributed by atoms with Gasteiger partial charge in [-0.15, -0.1) is 11.3 Å². The van der Waals surface area contributed by atoms with Crippen molar-refractivity contribution in [2.45, 2.75) is 26.8 Å². The number of nitrogens with zero attached hydrogens (tertiary/aromatic N) is 2. The van der Waals surface area contributed by atoms with Gasteiger partial charge in [0.25, 0.3) is 0 Å². The number of anilines is 1. The van der Waals surface area contributed by atoms with Crippen molar-refractivity contribution in [3.63, 3.8) is 0 Å². The summed E-state index contributed by atoms with van der Waals surface area (Å²) in [5.74, 6) is 0.680. The van der Waals surface area contributed by atoms with Crippen LogP contribution in [0.15, 0.2) is 40.3 Å². The first-order valence-corrected chi connectivity index (χ1v) is 7.71. The van der Waals surface area contributed by atoms with Crippen molar-refractivity contribution < 1.29 is 4.42 Å². The van der Waals surface area contributed by atoms with Gasteiger partial charge in [0.15, 0.2) is 5.89 Å². The van der Waals surface area contributed by atoms with Crippen LogP contribution in [0, 0.1) is 13.8 Å². The number of benzene rings is 1. The van der Waals surface area contributed by atoms with E-state index in [1.54, 1.807) is 17.6 Å². The Balaban J connectivity index is 1.72. The third kappa shape index (κ3) is 3.13. The lowest BCUT2D eigenvalue weighted by Crippen LogP contribution is -2.06. The van der Waals surface area contributed by atoms with Gasteiger partial charge in [-0.05, 0) is 26.0 Å². The minimum atomic E-state index is 0.190. The van der Waals surface area contributed by atoms with Gasteiger partial charge < -0.3 is 9.73 Å². The summed E-state index contributed by atoms with van der Waals surface area (Å²) in [5.41, 5.74) is 4.06. The normalized spacial score (nSPS) is 12.3. The predicted molar refractivity (Wildman–Crippen MR) is 85.6 cm³/mol. The van der Waals surface area contributed by atoms with Crippen LogP contribution in [0.5, 0.6) is 0 Å². The van der Waals surface area contributed by atoms with E-state index in [0.717, 1.165) is 27.6 Å². The van der Waals surface area contributed by atoms with E-state index in [4.69, 9.17) is 4.42 Å². The summed E-state index contributed by atoms with van der Waals surface area (Å²) in [7, 11) is 0. The quantitative estimate of drug-likeness (QED) is 0.765. The van der Waals surface area contributed by atoms with E-state index in [0.29, 0.717) is 5.89 Å². The first-order chi connectivity index (χ1) is 10.1. The molecule has 0 saturated carbocycles. The summed E-state index contributed by atoms with van der Waals surface area (Å²) in [6.45, 7) is 5.98. The molecule has 1 atom stereocenters. The lowest BCUT2D eigenvalue weighted by atomic mass is 10.1. The molecule has 0 aliphatic heterocycles. The third-order valence-corrected chi connectivity index (χ3v) is 4.06. The van der Waals surface area contributed by atoms with Crippen LogP contribution >= 0.6 is 11.3 Å². The number of aromatic nitrogens is 2. The maximum absolute atomic E-state index is 5.24. The lowest BCUT2D eigenvalue weighted by Gasteiger charge is -2.13. The first-order valence-electron chi connectivity index (χ1n) is 6.83. The fraction of sp³-hybridized carbons (Fsp3) is 0.250. The lowest BCUT2D eigenvalue weighted by molar-refractivity contribution is 0.521. The van der Waals surface area contributed by atoms with E-state index in [1.807, 2.05) is 26.0 Å². The zero-order valence-electron chi connectivity index (χ0n) is 12.3. The minimum Gasteiger partial charge on any atom is -0.449 e. The molecule has 5 heteroatoms. The van der Waals surface area contributed by atoms with Gasteiger partial charge in [-0.1, -0.05) is 12.1 Å². The molecule has 2 aromatic heterocycles. The van der Waals surface area contributed by atoms with E-state index >= 15 is 0 Å². The van der Waals surface area contributed by atoms with Crippen molar-refractivity contribution in [1.82, 2.24) is 9.97 Å². The Morgan fingerprint density at radius 2 is 1.90 bits per heavy atom. The Morgan fingerprint density at radius 1 is 1.14 bits per heavy atom. The van der Waals surface area contributed by atoms with Gasteiger partial charge in [-0.25, -0.2) is 9.97 Å². The zero-order chi connectivity index (χ0) is 14.8. The molecule has 0 spiro atoms. The van der Waals surface area contributed by atoms with Crippen LogP contribution in [0.1, 0.15) is 29.6 Å². The molecule has 4 nitrogen and oxygen atoms in total. The number of oxazole rings is 1. The van der Waals surface area contributed by atoms with E-state index < -0.39 is 0 Å². The third-order valence-electron chi connectivity index (χ3n) is 3.26. The van der Waals surface area contributed by atoms with Crippen molar-refractivity contribution in [1.29, 1.82) is 0 Å². The molecular weight excluding hydrogens is 282 g/mol. The van der Waals surface area contributed by atoms with Gasteiger partial charge in [-0.3, -0.25) is 0 Å². The monoisotopic (exact) mass is 299 g/mol. The van der Waals surface area contributed by atoms with Crippen LogP contribution in [-0.2, 0) is 0 Å². The van der Waals surface area contributed by atoms with Gasteiger partial charge in [0, 0.05) is 23.6 Å². The smallest absolute Gasteiger partial charge is 0.191 e.